The molecule has 18 heavy (non-hydrogen) atoms. The molecule has 1 aromatic carbocycles. The van der Waals surface area contributed by atoms with E-state index < -0.39 is 5.60 Å². The minimum atomic E-state index is -0.633. The molecule has 1 aliphatic carbocycles. The van der Waals surface area contributed by atoms with Crippen molar-refractivity contribution in [3.05, 3.63) is 35.4 Å². The zero-order valence-electron chi connectivity index (χ0n) is 11.4. The van der Waals surface area contributed by atoms with Crippen LogP contribution in [0, 0.1) is 5.92 Å². The zero-order chi connectivity index (χ0) is 13.2. The van der Waals surface area contributed by atoms with Gasteiger partial charge in [0.05, 0.1) is 11.7 Å². The first-order valence-electron chi connectivity index (χ1n) is 6.95. The minimum absolute atomic E-state index is 0.278. The fraction of sp³-hybridized carbons (Fsp3) is 0.625. The van der Waals surface area contributed by atoms with E-state index in [0.29, 0.717) is 0 Å². The molecule has 0 saturated heterocycles. The molecule has 1 aliphatic rings. The number of benzene rings is 1. The van der Waals surface area contributed by atoms with Gasteiger partial charge in [-0.25, -0.2) is 0 Å². The van der Waals surface area contributed by atoms with Gasteiger partial charge < -0.3 is 10.2 Å². The van der Waals surface area contributed by atoms with Gasteiger partial charge in [0.25, 0.3) is 0 Å². The Bertz CT molecular complexity index is 392. The summed E-state index contributed by atoms with van der Waals surface area (Å²) < 4.78 is 0. The standard InChI is InChI=1S/C16H24O2/c1-16(2,18)11-10-13-8-5-7-12-6-3-4-9-14(12)15(13)17/h3-4,6,9,13,15,17-18H,5,7-8,10-11H2,1-2H3. The van der Waals surface area contributed by atoms with E-state index in [9.17, 15) is 10.2 Å². The van der Waals surface area contributed by atoms with E-state index in [2.05, 4.69) is 6.07 Å². The highest BCUT2D eigenvalue weighted by Gasteiger charge is 2.27. The van der Waals surface area contributed by atoms with Crippen LogP contribution in [-0.4, -0.2) is 15.8 Å². The van der Waals surface area contributed by atoms with Gasteiger partial charge >= 0.3 is 0 Å². The number of aryl methyl sites for hydroxylation is 1. The molecule has 0 radical (unpaired) electrons. The summed E-state index contributed by atoms with van der Waals surface area (Å²) in [5.41, 5.74) is 1.75. The van der Waals surface area contributed by atoms with Crippen molar-refractivity contribution in [2.24, 2.45) is 5.92 Å². The SMILES string of the molecule is CC(C)(O)CCC1CCCc2ccccc2C1O. The van der Waals surface area contributed by atoms with Crippen molar-refractivity contribution < 1.29 is 10.2 Å². The molecule has 0 aromatic heterocycles. The zero-order valence-corrected chi connectivity index (χ0v) is 11.4. The summed E-state index contributed by atoms with van der Waals surface area (Å²) in [6, 6.07) is 8.21. The number of rotatable bonds is 3. The third-order valence-electron chi connectivity index (χ3n) is 3.97. The van der Waals surface area contributed by atoms with Gasteiger partial charge in [-0.1, -0.05) is 24.3 Å². The Hall–Kier alpha value is -0.860. The van der Waals surface area contributed by atoms with Crippen LogP contribution < -0.4 is 0 Å². The lowest BCUT2D eigenvalue weighted by atomic mass is 9.86. The van der Waals surface area contributed by atoms with Gasteiger partial charge in [0.1, 0.15) is 0 Å². The second kappa shape index (κ2) is 5.41. The first-order valence-corrected chi connectivity index (χ1v) is 6.95. The molecule has 2 nitrogen and oxygen atoms in total. The summed E-state index contributed by atoms with van der Waals surface area (Å²) in [5.74, 6) is 0.278. The Morgan fingerprint density at radius 2 is 2.00 bits per heavy atom. The molecule has 0 saturated carbocycles. The van der Waals surface area contributed by atoms with E-state index in [0.717, 1.165) is 37.7 Å². The van der Waals surface area contributed by atoms with E-state index in [1.807, 2.05) is 32.0 Å². The van der Waals surface area contributed by atoms with Crippen LogP contribution in [0.3, 0.4) is 0 Å². The molecule has 0 aliphatic heterocycles. The average molecular weight is 248 g/mol. The van der Waals surface area contributed by atoms with Gasteiger partial charge in [-0.3, -0.25) is 0 Å². The van der Waals surface area contributed by atoms with Crippen molar-refractivity contribution >= 4 is 0 Å². The second-order valence-electron chi connectivity index (χ2n) is 6.15. The average Bonchev–Trinajstić information content (AvgIpc) is 2.46. The summed E-state index contributed by atoms with van der Waals surface area (Å²) in [5, 5.41) is 20.3. The van der Waals surface area contributed by atoms with Crippen LogP contribution in [0.15, 0.2) is 24.3 Å². The van der Waals surface area contributed by atoms with Crippen LogP contribution in [0.25, 0.3) is 0 Å². The molecule has 2 rings (SSSR count). The fourth-order valence-electron chi connectivity index (χ4n) is 2.86. The second-order valence-corrected chi connectivity index (χ2v) is 6.15. The van der Waals surface area contributed by atoms with Gasteiger partial charge in [0.2, 0.25) is 0 Å². The van der Waals surface area contributed by atoms with E-state index >= 15 is 0 Å². The van der Waals surface area contributed by atoms with E-state index in [-0.39, 0.29) is 12.0 Å². The number of hydrogen-bond donors (Lipinski definition) is 2. The predicted molar refractivity (Wildman–Crippen MR) is 73.4 cm³/mol. The van der Waals surface area contributed by atoms with Crippen LogP contribution in [-0.2, 0) is 6.42 Å². The third-order valence-corrected chi connectivity index (χ3v) is 3.97. The van der Waals surface area contributed by atoms with Crippen molar-refractivity contribution in [1.29, 1.82) is 0 Å². The lowest BCUT2D eigenvalue weighted by Crippen LogP contribution is -2.22. The van der Waals surface area contributed by atoms with Crippen LogP contribution in [0.1, 0.15) is 56.8 Å². The van der Waals surface area contributed by atoms with Gasteiger partial charge in [-0.05, 0) is 63.0 Å². The Labute approximate surface area is 110 Å². The molecule has 0 spiro atoms. The Kier molecular flexibility index (Phi) is 4.08. The molecule has 2 N–H and O–H groups in total. The van der Waals surface area contributed by atoms with Gasteiger partial charge in [-0.2, -0.15) is 0 Å². The quantitative estimate of drug-likeness (QED) is 0.806. The van der Waals surface area contributed by atoms with E-state index in [1.165, 1.54) is 5.56 Å². The highest BCUT2D eigenvalue weighted by atomic mass is 16.3. The number of aliphatic hydroxyl groups is 2. The number of hydrogen-bond acceptors (Lipinski definition) is 2. The highest BCUT2D eigenvalue weighted by molar-refractivity contribution is 5.30. The van der Waals surface area contributed by atoms with Crippen molar-refractivity contribution in [2.75, 3.05) is 0 Å². The maximum absolute atomic E-state index is 10.5. The van der Waals surface area contributed by atoms with Gasteiger partial charge in [0.15, 0.2) is 0 Å². The molecule has 2 heteroatoms. The molecular weight excluding hydrogens is 224 g/mol. The number of fused-ring (bicyclic) bond motifs is 1. The Morgan fingerprint density at radius 3 is 2.72 bits per heavy atom. The highest BCUT2D eigenvalue weighted by Crippen LogP contribution is 2.36. The van der Waals surface area contributed by atoms with Crippen molar-refractivity contribution in [2.45, 2.75) is 57.7 Å². The molecule has 2 atom stereocenters. The van der Waals surface area contributed by atoms with Crippen LogP contribution in [0.5, 0.6) is 0 Å². The van der Waals surface area contributed by atoms with Crippen molar-refractivity contribution in [1.82, 2.24) is 0 Å². The van der Waals surface area contributed by atoms with E-state index in [4.69, 9.17) is 0 Å². The lowest BCUT2D eigenvalue weighted by molar-refractivity contribution is 0.0424. The molecule has 2 unspecified atom stereocenters. The summed E-state index contributed by atoms with van der Waals surface area (Å²) in [4.78, 5) is 0. The molecular formula is C16H24O2. The topological polar surface area (TPSA) is 40.5 Å². The molecule has 1 aromatic rings. The molecule has 0 fully saturated rings. The van der Waals surface area contributed by atoms with Gasteiger partial charge in [0, 0.05) is 0 Å². The first-order chi connectivity index (χ1) is 8.47. The van der Waals surface area contributed by atoms with Crippen molar-refractivity contribution in [3.63, 3.8) is 0 Å². The Morgan fingerprint density at radius 1 is 1.28 bits per heavy atom. The maximum atomic E-state index is 10.5. The smallest absolute Gasteiger partial charge is 0.0820 e. The molecule has 0 heterocycles. The largest absolute Gasteiger partial charge is 0.390 e. The summed E-state index contributed by atoms with van der Waals surface area (Å²) in [7, 11) is 0. The Balaban J connectivity index is 2.10. The van der Waals surface area contributed by atoms with Crippen LogP contribution in [0.2, 0.25) is 0 Å². The maximum Gasteiger partial charge on any atom is 0.0820 e. The number of aliphatic hydroxyl groups excluding tert-OH is 1. The monoisotopic (exact) mass is 248 g/mol. The first kappa shape index (κ1) is 13.6. The van der Waals surface area contributed by atoms with E-state index in [1.54, 1.807) is 0 Å². The van der Waals surface area contributed by atoms with Crippen LogP contribution >= 0.6 is 0 Å². The summed E-state index contributed by atoms with van der Waals surface area (Å²) in [6.07, 6.45) is 4.50. The molecule has 100 valence electrons. The van der Waals surface area contributed by atoms with Crippen molar-refractivity contribution in [3.8, 4) is 0 Å². The van der Waals surface area contributed by atoms with Gasteiger partial charge in [-0.15, -0.1) is 0 Å². The predicted octanol–water partition coefficient (Wildman–Crippen LogP) is 3.22. The molecule has 0 amide bonds. The third kappa shape index (κ3) is 3.33. The molecule has 0 bridgehead atoms. The lowest BCUT2D eigenvalue weighted by Gasteiger charge is -2.25. The minimum Gasteiger partial charge on any atom is -0.390 e. The normalized spacial score (nSPS) is 24.4. The fourth-order valence-corrected chi connectivity index (χ4v) is 2.86. The van der Waals surface area contributed by atoms with Crippen LogP contribution in [0.4, 0.5) is 0 Å². The summed E-state index contributed by atoms with van der Waals surface area (Å²) in [6.45, 7) is 3.67. The summed E-state index contributed by atoms with van der Waals surface area (Å²) >= 11 is 0.